The summed E-state index contributed by atoms with van der Waals surface area (Å²) in [4.78, 5) is 43.5. The van der Waals surface area contributed by atoms with Gasteiger partial charge in [-0.05, 0) is 19.4 Å². The van der Waals surface area contributed by atoms with E-state index in [4.69, 9.17) is 4.74 Å². The van der Waals surface area contributed by atoms with Gasteiger partial charge in [-0.3, -0.25) is 14.6 Å². The van der Waals surface area contributed by atoms with Gasteiger partial charge in [-0.15, -0.1) is 0 Å². The summed E-state index contributed by atoms with van der Waals surface area (Å²) in [6.07, 6.45) is 0.490. The van der Waals surface area contributed by atoms with Gasteiger partial charge in [-0.2, -0.15) is 0 Å². The third-order valence-corrected chi connectivity index (χ3v) is 5.91. The number of piperazine rings is 1. The summed E-state index contributed by atoms with van der Waals surface area (Å²) >= 11 is 0. The van der Waals surface area contributed by atoms with Crippen molar-refractivity contribution in [3.63, 3.8) is 0 Å². The summed E-state index contributed by atoms with van der Waals surface area (Å²) < 4.78 is 5.37. The van der Waals surface area contributed by atoms with Gasteiger partial charge < -0.3 is 15.0 Å². The van der Waals surface area contributed by atoms with E-state index in [0.29, 0.717) is 43.9 Å². The van der Waals surface area contributed by atoms with Crippen LogP contribution in [0.15, 0.2) is 41.6 Å². The molecule has 2 unspecified atom stereocenters. The third-order valence-electron chi connectivity index (χ3n) is 5.91. The van der Waals surface area contributed by atoms with Crippen LogP contribution >= 0.6 is 0 Å². The van der Waals surface area contributed by atoms with Crippen molar-refractivity contribution in [2.45, 2.75) is 39.3 Å². The van der Waals surface area contributed by atoms with Gasteiger partial charge in [0, 0.05) is 51.4 Å². The van der Waals surface area contributed by atoms with Gasteiger partial charge in [0.2, 0.25) is 5.91 Å². The summed E-state index contributed by atoms with van der Waals surface area (Å²) in [7, 11) is 1.67. The first-order chi connectivity index (χ1) is 14.9. The lowest BCUT2D eigenvalue weighted by Crippen LogP contribution is -2.56. The highest BCUT2D eigenvalue weighted by Crippen LogP contribution is 2.31. The first-order valence-electron chi connectivity index (χ1n) is 10.9. The normalized spacial score (nSPS) is 22.4. The Morgan fingerprint density at radius 2 is 1.87 bits per heavy atom. The number of nitrogens with zero attached hydrogens (tertiary/aromatic N) is 3. The lowest BCUT2D eigenvalue weighted by Gasteiger charge is -2.42. The second kappa shape index (κ2) is 9.96. The van der Waals surface area contributed by atoms with E-state index in [-0.39, 0.29) is 24.6 Å². The van der Waals surface area contributed by atoms with Crippen molar-refractivity contribution in [1.82, 2.24) is 20.0 Å². The SMILES string of the molecule is CCOC(=O)C1=C(CN2CCN(C(=O)CC)C(C)C2)N(C)C(=O)NC1c1ccccc1. The van der Waals surface area contributed by atoms with E-state index in [1.807, 2.05) is 49.1 Å². The molecule has 0 saturated carbocycles. The van der Waals surface area contributed by atoms with Crippen molar-refractivity contribution in [3.05, 3.63) is 47.2 Å². The summed E-state index contributed by atoms with van der Waals surface area (Å²) in [5.41, 5.74) is 1.92. The van der Waals surface area contributed by atoms with E-state index in [1.165, 1.54) is 4.90 Å². The number of ether oxygens (including phenoxy) is 1. The molecule has 1 aromatic rings. The molecular formula is C23H32N4O4. The summed E-state index contributed by atoms with van der Waals surface area (Å²) in [5, 5.41) is 2.93. The fourth-order valence-corrected chi connectivity index (χ4v) is 4.26. The molecule has 1 N–H and O–H groups in total. The van der Waals surface area contributed by atoms with Crippen LogP contribution in [0.2, 0.25) is 0 Å². The summed E-state index contributed by atoms with van der Waals surface area (Å²) in [6.45, 7) is 8.35. The van der Waals surface area contributed by atoms with Crippen molar-refractivity contribution >= 4 is 17.9 Å². The number of carbonyl (C=O) groups excluding carboxylic acids is 3. The van der Waals surface area contributed by atoms with Crippen molar-refractivity contribution in [1.29, 1.82) is 0 Å². The molecule has 8 nitrogen and oxygen atoms in total. The number of hydrogen-bond acceptors (Lipinski definition) is 5. The molecule has 0 aromatic heterocycles. The molecule has 0 aliphatic carbocycles. The Balaban J connectivity index is 1.93. The Hall–Kier alpha value is -2.87. The molecule has 3 rings (SSSR count). The van der Waals surface area contributed by atoms with Crippen LogP contribution in [0.25, 0.3) is 0 Å². The summed E-state index contributed by atoms with van der Waals surface area (Å²) in [5.74, 6) is -0.275. The molecule has 2 atom stereocenters. The number of amides is 3. The number of likely N-dealkylation sites (N-methyl/N-ethyl adjacent to an activating group) is 1. The first-order valence-corrected chi connectivity index (χ1v) is 10.9. The van der Waals surface area contributed by atoms with E-state index in [9.17, 15) is 14.4 Å². The molecular weight excluding hydrogens is 396 g/mol. The summed E-state index contributed by atoms with van der Waals surface area (Å²) in [6, 6.07) is 8.69. The molecule has 0 bridgehead atoms. The van der Waals surface area contributed by atoms with Gasteiger partial charge in [-0.25, -0.2) is 9.59 Å². The highest BCUT2D eigenvalue weighted by molar-refractivity contribution is 5.95. The Morgan fingerprint density at radius 3 is 2.48 bits per heavy atom. The van der Waals surface area contributed by atoms with Crippen LogP contribution in [0, 0.1) is 0 Å². The number of nitrogens with one attached hydrogen (secondary N) is 1. The molecule has 1 saturated heterocycles. The lowest BCUT2D eigenvalue weighted by molar-refractivity contribution is -0.139. The van der Waals surface area contributed by atoms with Crippen molar-refractivity contribution in [2.75, 3.05) is 39.8 Å². The van der Waals surface area contributed by atoms with Crippen LogP contribution in [0.5, 0.6) is 0 Å². The van der Waals surface area contributed by atoms with E-state index < -0.39 is 12.0 Å². The zero-order valence-electron chi connectivity index (χ0n) is 18.8. The van der Waals surface area contributed by atoms with E-state index in [1.54, 1.807) is 14.0 Å². The minimum absolute atomic E-state index is 0.0699. The number of urea groups is 1. The zero-order chi connectivity index (χ0) is 22.5. The monoisotopic (exact) mass is 428 g/mol. The fourth-order valence-electron chi connectivity index (χ4n) is 4.26. The Bertz CT molecular complexity index is 854. The van der Waals surface area contributed by atoms with Gasteiger partial charge in [0.1, 0.15) is 0 Å². The van der Waals surface area contributed by atoms with Crippen LogP contribution in [-0.4, -0.2) is 78.5 Å². The fraction of sp³-hybridized carbons (Fsp3) is 0.522. The van der Waals surface area contributed by atoms with Crippen molar-refractivity contribution in [2.24, 2.45) is 0 Å². The quantitative estimate of drug-likeness (QED) is 0.702. The van der Waals surface area contributed by atoms with Gasteiger partial charge in [-0.1, -0.05) is 37.3 Å². The maximum absolute atomic E-state index is 13.0. The second-order valence-electron chi connectivity index (χ2n) is 7.96. The second-order valence-corrected chi connectivity index (χ2v) is 7.96. The highest BCUT2D eigenvalue weighted by atomic mass is 16.5. The Labute approximate surface area is 183 Å². The molecule has 1 fully saturated rings. The smallest absolute Gasteiger partial charge is 0.338 e. The van der Waals surface area contributed by atoms with E-state index >= 15 is 0 Å². The first kappa shape index (κ1) is 22.8. The largest absolute Gasteiger partial charge is 0.463 e. The average molecular weight is 429 g/mol. The molecule has 3 amide bonds. The number of rotatable bonds is 6. The standard InChI is InChI=1S/C23H32N4O4/c1-5-19(28)27-13-12-26(14-16(27)3)15-18-20(22(29)31-6-2)21(24-23(30)25(18)4)17-10-8-7-9-11-17/h7-11,16,21H,5-6,12-15H2,1-4H3,(H,24,30). The molecule has 2 heterocycles. The highest BCUT2D eigenvalue weighted by Gasteiger charge is 2.38. The minimum Gasteiger partial charge on any atom is -0.463 e. The molecule has 31 heavy (non-hydrogen) atoms. The number of carbonyl (C=O) groups is 3. The topological polar surface area (TPSA) is 82.2 Å². The molecule has 168 valence electrons. The lowest BCUT2D eigenvalue weighted by atomic mass is 9.94. The molecule has 0 radical (unpaired) electrons. The zero-order valence-corrected chi connectivity index (χ0v) is 18.8. The molecule has 0 spiro atoms. The number of esters is 1. The van der Waals surface area contributed by atoms with Gasteiger partial charge in [0.15, 0.2) is 0 Å². The average Bonchev–Trinajstić information content (AvgIpc) is 2.77. The molecule has 1 aromatic carbocycles. The van der Waals surface area contributed by atoms with Crippen molar-refractivity contribution < 1.29 is 19.1 Å². The predicted molar refractivity (Wildman–Crippen MR) is 117 cm³/mol. The predicted octanol–water partition coefficient (Wildman–Crippen LogP) is 2.14. The molecule has 2 aliphatic heterocycles. The van der Waals surface area contributed by atoms with Crippen LogP contribution in [0.1, 0.15) is 38.8 Å². The van der Waals surface area contributed by atoms with Crippen molar-refractivity contribution in [3.8, 4) is 0 Å². The van der Waals surface area contributed by atoms with Crippen LogP contribution in [-0.2, 0) is 14.3 Å². The molecule has 2 aliphatic rings. The van der Waals surface area contributed by atoms with Crippen LogP contribution in [0.4, 0.5) is 4.79 Å². The van der Waals surface area contributed by atoms with Gasteiger partial charge in [0.05, 0.1) is 18.2 Å². The maximum Gasteiger partial charge on any atom is 0.338 e. The van der Waals surface area contributed by atoms with Crippen LogP contribution < -0.4 is 5.32 Å². The number of benzene rings is 1. The third kappa shape index (κ3) is 4.90. The molecule has 8 heteroatoms. The van der Waals surface area contributed by atoms with Crippen LogP contribution in [0.3, 0.4) is 0 Å². The Morgan fingerprint density at radius 1 is 1.16 bits per heavy atom. The van der Waals surface area contributed by atoms with E-state index in [0.717, 1.165) is 5.56 Å². The maximum atomic E-state index is 13.0. The Kier molecular flexibility index (Phi) is 7.33. The van der Waals surface area contributed by atoms with Gasteiger partial charge >= 0.3 is 12.0 Å². The number of hydrogen-bond donors (Lipinski definition) is 1. The minimum atomic E-state index is -0.570. The van der Waals surface area contributed by atoms with Gasteiger partial charge in [0.25, 0.3) is 0 Å². The van der Waals surface area contributed by atoms with E-state index in [2.05, 4.69) is 10.2 Å².